The molecule has 3 nitrogen and oxygen atoms in total. The van der Waals surface area contributed by atoms with Gasteiger partial charge in [0, 0.05) is 0 Å². The molecule has 126 valence electrons. The van der Waals surface area contributed by atoms with Crippen molar-refractivity contribution in [3.63, 3.8) is 0 Å². The molecule has 0 bridgehead atoms. The molecule has 0 saturated heterocycles. The lowest BCUT2D eigenvalue weighted by atomic mass is 10.0. The largest absolute Gasteiger partial charge is 0.504 e. The van der Waals surface area contributed by atoms with Gasteiger partial charge in [0.2, 0.25) is 5.12 Å². The molecule has 0 amide bonds. The molecule has 0 spiro atoms. The van der Waals surface area contributed by atoms with Crippen LogP contribution in [-0.4, -0.2) is 18.5 Å². The van der Waals surface area contributed by atoms with Gasteiger partial charge in [-0.25, -0.2) is 0 Å². The zero-order chi connectivity index (χ0) is 17.5. The molecular formula is C20H22O3S. The van der Waals surface area contributed by atoms with E-state index in [9.17, 15) is 4.79 Å². The van der Waals surface area contributed by atoms with E-state index in [1.165, 1.54) is 18.0 Å². The first kappa shape index (κ1) is 18.1. The molecule has 0 aromatic heterocycles. The predicted octanol–water partition coefficient (Wildman–Crippen LogP) is 4.76. The number of hydrogen-bond acceptors (Lipinski definition) is 4. The third-order valence-corrected chi connectivity index (χ3v) is 4.27. The molecule has 0 N–H and O–H groups in total. The molecule has 2 aromatic rings. The van der Waals surface area contributed by atoms with Gasteiger partial charge in [-0.2, -0.15) is 0 Å². The molecule has 0 atom stereocenters. The van der Waals surface area contributed by atoms with Gasteiger partial charge in [-0.3, -0.25) is 4.79 Å². The topological polar surface area (TPSA) is 35.5 Å². The number of carbonyl (C=O) groups excluding carboxylic acids is 1. The molecule has 24 heavy (non-hydrogen) atoms. The Morgan fingerprint density at radius 1 is 1.17 bits per heavy atom. The molecule has 0 aliphatic heterocycles. The average molecular weight is 342 g/mol. The van der Waals surface area contributed by atoms with Gasteiger partial charge in [0.05, 0.1) is 18.9 Å². The van der Waals surface area contributed by atoms with Crippen molar-refractivity contribution in [3.05, 3.63) is 71.0 Å². The van der Waals surface area contributed by atoms with Crippen molar-refractivity contribution >= 4 is 22.5 Å². The molecule has 0 saturated carbocycles. The lowest BCUT2D eigenvalue weighted by Gasteiger charge is -2.14. The van der Waals surface area contributed by atoms with Crippen LogP contribution in [0.2, 0.25) is 0 Å². The average Bonchev–Trinajstić information content (AvgIpc) is 2.60. The van der Waals surface area contributed by atoms with Gasteiger partial charge < -0.3 is 9.47 Å². The zero-order valence-electron chi connectivity index (χ0n) is 14.5. The van der Waals surface area contributed by atoms with Gasteiger partial charge in [-0.1, -0.05) is 48.2 Å². The maximum atomic E-state index is 12.2. The van der Waals surface area contributed by atoms with E-state index in [2.05, 4.69) is 6.07 Å². The van der Waals surface area contributed by atoms with Gasteiger partial charge in [0.15, 0.2) is 0 Å². The molecule has 0 unspecified atom stereocenters. The number of aryl methyl sites for hydroxylation is 2. The highest BCUT2D eigenvalue weighted by atomic mass is 32.2. The van der Waals surface area contributed by atoms with E-state index >= 15 is 0 Å². The Balaban J connectivity index is 2.30. The number of methoxy groups -OCH3 is 1. The lowest BCUT2D eigenvalue weighted by molar-refractivity contribution is -0.106. The first-order valence-electron chi connectivity index (χ1n) is 7.66. The van der Waals surface area contributed by atoms with Crippen LogP contribution in [0.25, 0.3) is 5.57 Å². The van der Waals surface area contributed by atoms with E-state index in [0.29, 0.717) is 12.2 Å². The van der Waals surface area contributed by atoms with E-state index in [4.69, 9.17) is 9.47 Å². The van der Waals surface area contributed by atoms with Crippen molar-refractivity contribution in [1.29, 1.82) is 0 Å². The van der Waals surface area contributed by atoms with Crippen molar-refractivity contribution < 1.29 is 14.3 Å². The van der Waals surface area contributed by atoms with Gasteiger partial charge >= 0.3 is 0 Å². The first-order chi connectivity index (χ1) is 11.6. The van der Waals surface area contributed by atoms with Gasteiger partial charge in [0.1, 0.15) is 12.4 Å². The third-order valence-electron chi connectivity index (χ3n) is 3.68. The summed E-state index contributed by atoms with van der Waals surface area (Å²) in [4.78, 5) is 12.2. The highest BCUT2D eigenvalue weighted by Crippen LogP contribution is 2.26. The van der Waals surface area contributed by atoms with E-state index in [1.54, 1.807) is 13.4 Å². The summed E-state index contributed by atoms with van der Waals surface area (Å²) >= 11 is 1.17. The number of rotatable bonds is 6. The van der Waals surface area contributed by atoms with E-state index in [-0.39, 0.29) is 5.12 Å². The van der Waals surface area contributed by atoms with E-state index in [0.717, 1.165) is 28.0 Å². The van der Waals surface area contributed by atoms with Crippen molar-refractivity contribution in [2.75, 3.05) is 13.4 Å². The Labute approximate surface area is 147 Å². The Hall–Kier alpha value is -2.20. The molecule has 0 radical (unpaired) electrons. The van der Waals surface area contributed by atoms with Crippen molar-refractivity contribution in [1.82, 2.24) is 0 Å². The smallest absolute Gasteiger partial charge is 0.222 e. The number of hydrogen-bond donors (Lipinski definition) is 0. The quantitative estimate of drug-likeness (QED) is 0.560. The minimum Gasteiger partial charge on any atom is -0.504 e. The fraction of sp³-hybridized carbons (Fsp3) is 0.250. The molecule has 4 heteroatoms. The maximum Gasteiger partial charge on any atom is 0.222 e. The summed E-state index contributed by atoms with van der Waals surface area (Å²) in [5.74, 6) is 0.860. The molecule has 0 heterocycles. The van der Waals surface area contributed by atoms with Crippen LogP contribution in [0, 0.1) is 13.8 Å². The first-order valence-corrected chi connectivity index (χ1v) is 8.89. The maximum absolute atomic E-state index is 12.2. The summed E-state index contributed by atoms with van der Waals surface area (Å²) < 4.78 is 11.1. The van der Waals surface area contributed by atoms with Crippen molar-refractivity contribution in [3.8, 4) is 5.75 Å². The van der Waals surface area contributed by atoms with Crippen LogP contribution < -0.4 is 4.74 Å². The minimum absolute atomic E-state index is 0.0314. The van der Waals surface area contributed by atoms with Crippen LogP contribution in [0.5, 0.6) is 5.75 Å². The fourth-order valence-electron chi connectivity index (χ4n) is 2.38. The van der Waals surface area contributed by atoms with Crippen molar-refractivity contribution in [2.45, 2.75) is 20.5 Å². The second-order valence-corrected chi connectivity index (χ2v) is 6.25. The summed E-state index contributed by atoms with van der Waals surface area (Å²) in [6, 6.07) is 13.9. The van der Waals surface area contributed by atoms with Gasteiger partial charge in [-0.15, -0.1) is 0 Å². The molecular weight excluding hydrogens is 320 g/mol. The summed E-state index contributed by atoms with van der Waals surface area (Å²) in [6.45, 7) is 4.45. The minimum atomic E-state index is -0.0314. The standard InChI is InChI=1S/C20H22O3S/c1-14-9-10-15(2)19(11-14)23-12-16-7-5-6-8-17(16)18(13-22-3)20(21)24-4/h5-11,13H,12H2,1-4H3/b18-13+. The van der Waals surface area contributed by atoms with Gasteiger partial charge in [-0.05, 0) is 48.4 Å². The lowest BCUT2D eigenvalue weighted by Crippen LogP contribution is -2.05. The number of benzene rings is 2. The Bertz CT molecular complexity index is 750. The molecule has 2 rings (SSSR count). The summed E-state index contributed by atoms with van der Waals surface area (Å²) in [6.07, 6.45) is 3.26. The Morgan fingerprint density at radius 3 is 2.62 bits per heavy atom. The van der Waals surface area contributed by atoms with E-state index in [1.807, 2.05) is 50.2 Å². The predicted molar refractivity (Wildman–Crippen MR) is 100 cm³/mol. The number of ether oxygens (including phenoxy) is 2. The zero-order valence-corrected chi connectivity index (χ0v) is 15.3. The Morgan fingerprint density at radius 2 is 1.92 bits per heavy atom. The van der Waals surface area contributed by atoms with Crippen molar-refractivity contribution in [2.24, 2.45) is 0 Å². The highest BCUT2D eigenvalue weighted by Gasteiger charge is 2.15. The Kier molecular flexibility index (Phi) is 6.50. The summed E-state index contributed by atoms with van der Waals surface area (Å²) in [5.41, 5.74) is 4.57. The summed E-state index contributed by atoms with van der Waals surface area (Å²) in [5, 5.41) is -0.0314. The molecule has 0 aliphatic rings. The van der Waals surface area contributed by atoms with Crippen LogP contribution >= 0.6 is 11.8 Å². The summed E-state index contributed by atoms with van der Waals surface area (Å²) in [7, 11) is 1.54. The monoisotopic (exact) mass is 342 g/mol. The second kappa shape index (κ2) is 8.60. The highest BCUT2D eigenvalue weighted by molar-refractivity contribution is 8.14. The molecule has 0 aliphatic carbocycles. The SMILES string of the molecule is CO/C=C(/C(=O)SC)c1ccccc1COc1cc(C)ccc1C. The van der Waals surface area contributed by atoms with Gasteiger partial charge in [0.25, 0.3) is 0 Å². The van der Waals surface area contributed by atoms with Crippen LogP contribution in [-0.2, 0) is 16.1 Å². The number of carbonyl (C=O) groups is 1. The number of thioether (sulfide) groups is 1. The van der Waals surface area contributed by atoms with Crippen LogP contribution in [0.3, 0.4) is 0 Å². The second-order valence-electron chi connectivity index (χ2n) is 5.47. The van der Waals surface area contributed by atoms with Crippen LogP contribution in [0.15, 0.2) is 48.7 Å². The van der Waals surface area contributed by atoms with Crippen LogP contribution in [0.4, 0.5) is 0 Å². The van der Waals surface area contributed by atoms with E-state index < -0.39 is 0 Å². The fourth-order valence-corrected chi connectivity index (χ4v) is 2.75. The van der Waals surface area contributed by atoms with Crippen LogP contribution in [0.1, 0.15) is 22.3 Å². The third kappa shape index (κ3) is 4.42. The molecule has 0 fully saturated rings. The normalized spacial score (nSPS) is 11.2. The molecule has 2 aromatic carbocycles.